The molecule has 216 valence electrons. The molecule has 0 fully saturated rings. The number of rotatable bonds is 2. The van der Waals surface area contributed by atoms with E-state index in [0.717, 1.165) is 6.07 Å². The van der Waals surface area contributed by atoms with E-state index in [1.165, 1.54) is 12.1 Å². The summed E-state index contributed by atoms with van der Waals surface area (Å²) < 4.78 is 68.0. The van der Waals surface area contributed by atoms with Crippen LogP contribution in [0, 0.1) is 41.5 Å². The quantitative estimate of drug-likeness (QED) is 0.150. The molecule has 7 rings (SSSR count). The zero-order valence-electron chi connectivity index (χ0n) is 23.0. The molecule has 6 nitrogen and oxygen atoms in total. The fraction of sp³-hybridized carbons (Fsp3) is 0.0588. The van der Waals surface area contributed by atoms with Crippen LogP contribution < -0.4 is 10.7 Å². The monoisotopic (exact) mass is 602 g/mol. The lowest BCUT2D eigenvalue weighted by Gasteiger charge is -2.09. The van der Waals surface area contributed by atoms with Crippen LogP contribution in [0.2, 0.25) is 0 Å². The maximum absolute atomic E-state index is 14.4. The van der Waals surface area contributed by atoms with Crippen molar-refractivity contribution in [2.45, 2.75) is 13.1 Å². The van der Waals surface area contributed by atoms with Crippen molar-refractivity contribution in [1.82, 2.24) is 9.97 Å². The van der Waals surface area contributed by atoms with Gasteiger partial charge in [-0.05, 0) is 65.1 Å². The van der Waals surface area contributed by atoms with Gasteiger partial charge in [-0.25, -0.2) is 18.7 Å². The molecule has 1 aromatic heterocycles. The summed E-state index contributed by atoms with van der Waals surface area (Å²) in [4.78, 5) is 17.7. The molecule has 0 spiro atoms. The van der Waals surface area contributed by atoms with E-state index < -0.39 is 17.6 Å². The molecule has 0 N–H and O–H groups in total. The van der Waals surface area contributed by atoms with Crippen molar-refractivity contribution in [1.29, 1.82) is 10.5 Å². The lowest BCUT2D eigenvalue weighted by atomic mass is 10.0. The van der Waals surface area contributed by atoms with Crippen LogP contribution in [0.1, 0.15) is 11.1 Å². The number of fused-ring (bicyclic) bond motifs is 6. The highest BCUT2D eigenvalue weighted by molar-refractivity contribution is 6.15. The van der Waals surface area contributed by atoms with E-state index >= 15 is 0 Å². The van der Waals surface area contributed by atoms with Gasteiger partial charge in [-0.15, -0.1) is 0 Å². The van der Waals surface area contributed by atoms with Crippen LogP contribution in [0.3, 0.4) is 0 Å². The summed E-state index contributed by atoms with van der Waals surface area (Å²) in [6.45, 7) is 1.67. The maximum atomic E-state index is 14.4. The fourth-order valence-corrected chi connectivity index (χ4v) is 5.67. The summed E-state index contributed by atoms with van der Waals surface area (Å²) in [5.41, 5.74) is 2.44. The first-order valence-electron chi connectivity index (χ1n) is 13.4. The number of benzene rings is 4. The number of halogens is 5. The number of nitriles is 2. The van der Waals surface area contributed by atoms with Crippen molar-refractivity contribution < 1.29 is 22.0 Å². The Labute approximate surface area is 250 Å². The Morgan fingerprint density at radius 3 is 1.47 bits per heavy atom. The fourth-order valence-electron chi connectivity index (χ4n) is 5.67. The van der Waals surface area contributed by atoms with Gasteiger partial charge in [0.25, 0.3) is 0 Å². The summed E-state index contributed by atoms with van der Waals surface area (Å²) >= 11 is 0. The minimum atomic E-state index is -4.83. The molecule has 0 aliphatic heterocycles. The topological polar surface area (TPSA) is 98.1 Å². The molecule has 0 amide bonds. The van der Waals surface area contributed by atoms with E-state index in [2.05, 4.69) is 9.98 Å². The Hall–Kier alpha value is -6.07. The number of alkyl halides is 3. The molecular formula is C34H15F5N6. The third-order valence-electron chi connectivity index (χ3n) is 7.84. The Bertz CT molecular complexity index is 2600. The highest BCUT2D eigenvalue weighted by Crippen LogP contribution is 2.35. The largest absolute Gasteiger partial charge is 0.419 e. The zero-order valence-corrected chi connectivity index (χ0v) is 23.0. The van der Waals surface area contributed by atoms with Crippen molar-refractivity contribution in [3.63, 3.8) is 0 Å². The van der Waals surface area contributed by atoms with E-state index in [0.29, 0.717) is 66.4 Å². The van der Waals surface area contributed by atoms with Gasteiger partial charge in [0.1, 0.15) is 33.4 Å². The SMILES string of the molecule is Cc1ccc(-c2ccc3c(c2)/c(=N\C#N)c2nc4c(nc23)/c(=N\C#N)c2cc(-c3ccc(C(F)(F)F)c(F)c3)ccc24)cc1F. The van der Waals surface area contributed by atoms with Crippen LogP contribution in [0.25, 0.3) is 65.9 Å². The van der Waals surface area contributed by atoms with E-state index in [9.17, 15) is 32.5 Å². The Morgan fingerprint density at radius 1 is 0.578 bits per heavy atom. The molecule has 7 aromatic rings. The Morgan fingerprint density at radius 2 is 1.02 bits per heavy atom. The number of aromatic nitrogens is 2. The number of hydrogen-bond donors (Lipinski definition) is 0. The number of aryl methyl sites for hydroxylation is 1. The molecule has 0 aliphatic carbocycles. The zero-order chi connectivity index (χ0) is 31.6. The van der Waals surface area contributed by atoms with Crippen LogP contribution in [-0.2, 0) is 6.18 Å². The van der Waals surface area contributed by atoms with Gasteiger partial charge in [-0.1, -0.05) is 42.5 Å². The molecule has 1 heterocycles. The van der Waals surface area contributed by atoms with Crippen LogP contribution in [0.15, 0.2) is 82.8 Å². The van der Waals surface area contributed by atoms with Crippen molar-refractivity contribution in [2.75, 3.05) is 0 Å². The first-order valence-corrected chi connectivity index (χ1v) is 13.4. The van der Waals surface area contributed by atoms with Crippen LogP contribution in [-0.4, -0.2) is 9.97 Å². The summed E-state index contributed by atoms with van der Waals surface area (Å²) in [5.74, 6) is -1.76. The molecule has 0 saturated carbocycles. The normalized spacial score (nSPS) is 12.9. The minimum Gasteiger partial charge on any atom is -0.241 e. The molecule has 0 aliphatic rings. The molecular weight excluding hydrogens is 587 g/mol. The molecule has 6 aromatic carbocycles. The molecule has 11 heteroatoms. The predicted octanol–water partition coefficient (Wildman–Crippen LogP) is 7.67. The summed E-state index contributed by atoms with van der Waals surface area (Å²) in [6, 6.07) is 17.8. The summed E-state index contributed by atoms with van der Waals surface area (Å²) in [7, 11) is 0. The van der Waals surface area contributed by atoms with Gasteiger partial charge in [0.2, 0.25) is 12.4 Å². The van der Waals surface area contributed by atoms with Gasteiger partial charge in [0.15, 0.2) is 0 Å². The molecule has 45 heavy (non-hydrogen) atoms. The van der Waals surface area contributed by atoms with Gasteiger partial charge >= 0.3 is 6.18 Å². The van der Waals surface area contributed by atoms with Crippen LogP contribution in [0.4, 0.5) is 22.0 Å². The van der Waals surface area contributed by atoms with Gasteiger partial charge in [0, 0.05) is 21.5 Å². The van der Waals surface area contributed by atoms with Crippen LogP contribution >= 0.6 is 0 Å². The molecule has 0 radical (unpaired) electrons. The average molecular weight is 603 g/mol. The molecule has 0 saturated heterocycles. The Kier molecular flexibility index (Phi) is 6.16. The van der Waals surface area contributed by atoms with Gasteiger partial charge < -0.3 is 0 Å². The van der Waals surface area contributed by atoms with Crippen molar-refractivity contribution in [2.24, 2.45) is 9.98 Å². The van der Waals surface area contributed by atoms with Crippen molar-refractivity contribution in [3.05, 3.63) is 106 Å². The van der Waals surface area contributed by atoms with Crippen molar-refractivity contribution >= 4 is 43.6 Å². The number of nitrogens with zero attached hydrogens (tertiary/aromatic N) is 6. The minimum absolute atomic E-state index is 0.186. The number of hydrogen-bond acceptors (Lipinski definition) is 6. The van der Waals surface area contributed by atoms with E-state index in [4.69, 9.17) is 9.97 Å². The Balaban J connectivity index is 1.48. The van der Waals surface area contributed by atoms with Gasteiger partial charge in [-0.3, -0.25) is 0 Å². The van der Waals surface area contributed by atoms with E-state index in [-0.39, 0.29) is 27.6 Å². The second-order valence-corrected chi connectivity index (χ2v) is 10.4. The third-order valence-corrected chi connectivity index (χ3v) is 7.84. The van der Waals surface area contributed by atoms with Crippen LogP contribution in [0.5, 0.6) is 0 Å². The predicted molar refractivity (Wildman–Crippen MR) is 157 cm³/mol. The third kappa shape index (κ3) is 4.36. The standard InChI is InChI=1S/C34H15F5N6/c1-16-2-3-19(12-26(16)35)17-4-7-21-23(10-17)28(42-14-40)32-30(21)44-33-29(43-15-41)24-11-18(5-8-22(24)31(33)45-32)20-6-9-25(27(36)13-20)34(37,38)39/h2-13H,1H3/b42-28+,43-29-. The molecule has 0 bridgehead atoms. The maximum Gasteiger partial charge on any atom is 0.419 e. The van der Waals surface area contributed by atoms with E-state index in [1.807, 2.05) is 6.19 Å². The summed E-state index contributed by atoms with van der Waals surface area (Å²) in [6.07, 6.45) is -1.24. The molecule has 0 unspecified atom stereocenters. The highest BCUT2D eigenvalue weighted by Gasteiger charge is 2.34. The lowest BCUT2D eigenvalue weighted by molar-refractivity contribution is -0.139. The highest BCUT2D eigenvalue weighted by atomic mass is 19.4. The first-order chi connectivity index (χ1) is 21.6. The second-order valence-electron chi connectivity index (χ2n) is 10.4. The average Bonchev–Trinajstić information content (AvgIpc) is 3.48. The van der Waals surface area contributed by atoms with Gasteiger partial charge in [0.05, 0.1) is 16.6 Å². The lowest BCUT2D eigenvalue weighted by Crippen LogP contribution is -2.07. The van der Waals surface area contributed by atoms with Crippen molar-refractivity contribution in [3.8, 4) is 34.6 Å². The van der Waals surface area contributed by atoms with E-state index in [1.54, 1.807) is 61.6 Å². The second kappa shape index (κ2) is 10.00. The smallest absolute Gasteiger partial charge is 0.241 e. The molecule has 0 atom stereocenters. The van der Waals surface area contributed by atoms with Gasteiger partial charge in [-0.2, -0.15) is 33.7 Å². The first kappa shape index (κ1) is 27.7. The summed E-state index contributed by atoms with van der Waals surface area (Å²) in [5, 5.41) is 21.7.